The summed E-state index contributed by atoms with van der Waals surface area (Å²) in [4.78, 5) is 22.7. The van der Waals surface area contributed by atoms with Gasteiger partial charge in [0, 0.05) is 48.4 Å². The number of amides is 1. The van der Waals surface area contributed by atoms with Gasteiger partial charge in [-0.1, -0.05) is 19.1 Å². The number of pyridine rings is 1. The Hall–Kier alpha value is -2.27. The lowest BCUT2D eigenvalue weighted by atomic mass is 9.66. The molecule has 3 fully saturated rings. The summed E-state index contributed by atoms with van der Waals surface area (Å²) in [5, 5.41) is 0. The molecule has 4 nitrogen and oxygen atoms in total. The zero-order valence-electron chi connectivity index (χ0n) is 17.1. The first-order valence-corrected chi connectivity index (χ1v) is 10.7. The quantitative estimate of drug-likeness (QED) is 0.794. The molecule has 1 amide bonds. The van der Waals surface area contributed by atoms with Gasteiger partial charge in [-0.15, -0.1) is 0 Å². The average Bonchev–Trinajstić information content (AvgIpc) is 3.00. The Bertz CT molecular complexity index is 913. The molecule has 2 bridgehead atoms. The Morgan fingerprint density at radius 1 is 1.17 bits per heavy atom. The Balaban J connectivity index is 1.36. The van der Waals surface area contributed by atoms with Crippen LogP contribution in [0.15, 0.2) is 42.6 Å². The molecule has 5 heteroatoms. The first kappa shape index (κ1) is 18.7. The van der Waals surface area contributed by atoms with Crippen LogP contribution < -0.4 is 0 Å². The van der Waals surface area contributed by atoms with Crippen molar-refractivity contribution in [2.75, 3.05) is 13.6 Å². The third-order valence-electron chi connectivity index (χ3n) is 7.52. The Morgan fingerprint density at radius 3 is 2.66 bits per heavy atom. The number of nitrogens with zero attached hydrogens (tertiary/aromatic N) is 3. The molecule has 2 saturated heterocycles. The van der Waals surface area contributed by atoms with Gasteiger partial charge >= 0.3 is 0 Å². The third kappa shape index (κ3) is 3.07. The van der Waals surface area contributed by atoms with Gasteiger partial charge in [0.1, 0.15) is 5.82 Å². The van der Waals surface area contributed by atoms with Crippen molar-refractivity contribution < 1.29 is 9.18 Å². The molecule has 3 aliphatic rings. The summed E-state index contributed by atoms with van der Waals surface area (Å²) in [6.45, 7) is 3.36. The fourth-order valence-corrected chi connectivity index (χ4v) is 6.23. The monoisotopic (exact) mass is 393 g/mol. The average molecular weight is 394 g/mol. The molecule has 0 N–H and O–H groups in total. The summed E-state index contributed by atoms with van der Waals surface area (Å²) in [6.07, 6.45) is 7.02. The molecule has 1 aromatic heterocycles. The van der Waals surface area contributed by atoms with Gasteiger partial charge in [-0.25, -0.2) is 4.39 Å². The van der Waals surface area contributed by atoms with Crippen molar-refractivity contribution >= 4 is 5.91 Å². The van der Waals surface area contributed by atoms with Crippen LogP contribution >= 0.6 is 0 Å². The van der Waals surface area contributed by atoms with Gasteiger partial charge in [0.05, 0.1) is 5.56 Å². The second-order valence-corrected chi connectivity index (χ2v) is 9.32. The SMILES string of the molecule is CN1C[C@@H]2C[C@@]3(C)[C@H](CCC[C@@H]13)N2C(=O)c1ccc(Cc2ccc(F)cc2)nc1. The van der Waals surface area contributed by atoms with Crippen LogP contribution in [-0.2, 0) is 6.42 Å². The first-order chi connectivity index (χ1) is 14.0. The molecule has 3 heterocycles. The molecule has 0 unspecified atom stereocenters. The minimum absolute atomic E-state index is 0.125. The van der Waals surface area contributed by atoms with Crippen LogP contribution in [-0.4, -0.2) is 52.4 Å². The highest BCUT2D eigenvalue weighted by molar-refractivity contribution is 5.94. The molecule has 1 saturated carbocycles. The van der Waals surface area contributed by atoms with Crippen molar-refractivity contribution in [3.05, 3.63) is 65.2 Å². The summed E-state index contributed by atoms with van der Waals surface area (Å²) < 4.78 is 13.1. The Morgan fingerprint density at radius 2 is 1.93 bits per heavy atom. The van der Waals surface area contributed by atoms with E-state index >= 15 is 0 Å². The van der Waals surface area contributed by atoms with E-state index < -0.39 is 0 Å². The van der Waals surface area contributed by atoms with E-state index in [1.54, 1.807) is 18.3 Å². The van der Waals surface area contributed by atoms with Crippen molar-refractivity contribution in [1.29, 1.82) is 0 Å². The summed E-state index contributed by atoms with van der Waals surface area (Å²) >= 11 is 0. The molecular formula is C24H28FN3O. The molecule has 0 radical (unpaired) electrons. The molecule has 1 aliphatic carbocycles. The van der Waals surface area contributed by atoms with Gasteiger partial charge in [-0.05, 0) is 62.6 Å². The number of carbonyl (C=O) groups is 1. The van der Waals surface area contributed by atoms with Crippen LogP contribution in [0.1, 0.15) is 54.2 Å². The molecule has 29 heavy (non-hydrogen) atoms. The van der Waals surface area contributed by atoms with Gasteiger partial charge < -0.3 is 9.80 Å². The zero-order chi connectivity index (χ0) is 20.2. The van der Waals surface area contributed by atoms with E-state index in [0.29, 0.717) is 30.1 Å². The number of piperidine rings is 1. The molecule has 2 aromatic rings. The van der Waals surface area contributed by atoms with Crippen LogP contribution in [0, 0.1) is 11.2 Å². The first-order valence-electron chi connectivity index (χ1n) is 10.7. The topological polar surface area (TPSA) is 36.4 Å². The largest absolute Gasteiger partial charge is 0.331 e. The second-order valence-electron chi connectivity index (χ2n) is 9.32. The molecule has 152 valence electrons. The number of fused-ring (bicyclic) bond motifs is 1. The standard InChI is InChI=1S/C24H28FN3O/c1-24-13-20-15-27(2)21(24)4-3-5-22(24)28(20)23(29)17-8-11-19(26-14-17)12-16-6-9-18(25)10-7-16/h6-11,14,20-22H,3-5,12-13,15H2,1-2H3/t20-,21+,22-,24+/m0/s1. The van der Waals surface area contributed by atoms with Crippen LogP contribution in [0.4, 0.5) is 4.39 Å². The number of halogens is 1. The number of benzene rings is 1. The summed E-state index contributed by atoms with van der Waals surface area (Å²) in [5.74, 6) is -0.108. The van der Waals surface area contributed by atoms with Crippen LogP contribution in [0.3, 0.4) is 0 Å². The minimum Gasteiger partial charge on any atom is -0.331 e. The lowest BCUT2D eigenvalue weighted by molar-refractivity contribution is 0.0247. The van der Waals surface area contributed by atoms with E-state index in [-0.39, 0.29) is 17.1 Å². The van der Waals surface area contributed by atoms with E-state index in [4.69, 9.17) is 0 Å². The molecule has 5 rings (SSSR count). The highest BCUT2D eigenvalue weighted by Crippen LogP contribution is 2.54. The van der Waals surface area contributed by atoms with Crippen molar-refractivity contribution in [3.63, 3.8) is 0 Å². The number of likely N-dealkylation sites (tertiary alicyclic amines) is 2. The van der Waals surface area contributed by atoms with Crippen molar-refractivity contribution in [2.24, 2.45) is 5.41 Å². The minimum atomic E-state index is -0.234. The smallest absolute Gasteiger partial charge is 0.255 e. The zero-order valence-corrected chi connectivity index (χ0v) is 17.1. The molecular weight excluding hydrogens is 365 g/mol. The highest BCUT2D eigenvalue weighted by atomic mass is 19.1. The van der Waals surface area contributed by atoms with Gasteiger partial charge in [0.15, 0.2) is 0 Å². The predicted molar refractivity (Wildman–Crippen MR) is 110 cm³/mol. The Labute approximate surface area is 171 Å². The predicted octanol–water partition coefficient (Wildman–Crippen LogP) is 3.90. The van der Waals surface area contributed by atoms with Crippen LogP contribution in [0.25, 0.3) is 0 Å². The van der Waals surface area contributed by atoms with Gasteiger partial charge in [-0.2, -0.15) is 0 Å². The number of hydrogen-bond acceptors (Lipinski definition) is 3. The second kappa shape index (κ2) is 6.91. The Kier molecular flexibility index (Phi) is 4.46. The van der Waals surface area contributed by atoms with Crippen LogP contribution in [0.2, 0.25) is 0 Å². The van der Waals surface area contributed by atoms with Crippen molar-refractivity contribution in [2.45, 2.75) is 57.2 Å². The van der Waals surface area contributed by atoms with Crippen LogP contribution in [0.5, 0.6) is 0 Å². The third-order valence-corrected chi connectivity index (χ3v) is 7.52. The molecule has 2 aliphatic heterocycles. The fourth-order valence-electron chi connectivity index (χ4n) is 6.23. The summed E-state index contributed by atoms with van der Waals surface area (Å²) in [6, 6.07) is 11.5. The molecule has 4 atom stereocenters. The number of rotatable bonds is 3. The van der Waals surface area contributed by atoms with Crippen molar-refractivity contribution in [3.8, 4) is 0 Å². The molecule has 0 spiro atoms. The van der Waals surface area contributed by atoms with Gasteiger partial charge in [0.2, 0.25) is 0 Å². The fraction of sp³-hybridized carbons (Fsp3) is 0.500. The van der Waals surface area contributed by atoms with E-state index in [1.165, 1.54) is 25.0 Å². The lowest BCUT2D eigenvalue weighted by Crippen LogP contribution is -2.54. The number of aromatic nitrogens is 1. The van der Waals surface area contributed by atoms with E-state index in [0.717, 1.165) is 30.6 Å². The molecule has 1 aromatic carbocycles. The summed E-state index contributed by atoms with van der Waals surface area (Å²) in [7, 11) is 2.22. The number of carbonyl (C=O) groups excluding carboxylic acids is 1. The normalized spacial score (nSPS) is 31.1. The highest BCUT2D eigenvalue weighted by Gasteiger charge is 2.60. The van der Waals surface area contributed by atoms with E-state index in [1.807, 2.05) is 12.1 Å². The number of hydrogen-bond donors (Lipinski definition) is 0. The maximum absolute atomic E-state index is 13.5. The lowest BCUT2D eigenvalue weighted by Gasteiger charge is -2.48. The van der Waals surface area contributed by atoms with E-state index in [2.05, 4.69) is 28.8 Å². The van der Waals surface area contributed by atoms with Gasteiger partial charge in [-0.3, -0.25) is 9.78 Å². The maximum Gasteiger partial charge on any atom is 0.255 e. The van der Waals surface area contributed by atoms with E-state index in [9.17, 15) is 9.18 Å². The number of likely N-dealkylation sites (N-methyl/N-ethyl adjacent to an activating group) is 1. The van der Waals surface area contributed by atoms with Gasteiger partial charge in [0.25, 0.3) is 5.91 Å². The maximum atomic E-state index is 13.5. The van der Waals surface area contributed by atoms with Crippen molar-refractivity contribution in [1.82, 2.24) is 14.8 Å². The summed E-state index contributed by atoms with van der Waals surface area (Å²) in [5.41, 5.74) is 2.78.